The van der Waals surface area contributed by atoms with Crippen LogP contribution in [0.25, 0.3) is 0 Å². The fourth-order valence-corrected chi connectivity index (χ4v) is 4.96. The summed E-state index contributed by atoms with van der Waals surface area (Å²) >= 11 is 0. The SMILES string of the molecule is CC(=O)N(Cc1cc(C(F)(F)F)cc(C(F)(F)F)c1)C1CC(C(C)C)N(C(=O)OC(C)C)c2ccc(C(F)(F)F)cc21. The molecule has 2 amide bonds. The Hall–Kier alpha value is -3.45. The molecule has 2 unspecified atom stereocenters. The van der Waals surface area contributed by atoms with Gasteiger partial charge in [-0.1, -0.05) is 13.8 Å². The Morgan fingerprint density at radius 1 is 0.857 bits per heavy atom. The molecule has 2 atom stereocenters. The monoisotopic (exact) mass is 612 g/mol. The van der Waals surface area contributed by atoms with Crippen LogP contribution in [0.2, 0.25) is 0 Å². The van der Waals surface area contributed by atoms with E-state index in [1.165, 1.54) is 4.90 Å². The molecule has 232 valence electrons. The highest BCUT2D eigenvalue weighted by atomic mass is 19.4. The van der Waals surface area contributed by atoms with Crippen molar-refractivity contribution >= 4 is 17.7 Å². The van der Waals surface area contributed by atoms with E-state index in [1.807, 2.05) is 0 Å². The molecule has 3 rings (SSSR count). The number of benzene rings is 2. The van der Waals surface area contributed by atoms with Crippen LogP contribution in [0.3, 0.4) is 0 Å². The lowest BCUT2D eigenvalue weighted by molar-refractivity contribution is -0.143. The number of anilines is 1. The van der Waals surface area contributed by atoms with E-state index in [0.29, 0.717) is 12.1 Å². The molecule has 0 radical (unpaired) electrons. The van der Waals surface area contributed by atoms with Crippen molar-refractivity contribution in [2.75, 3.05) is 4.90 Å². The molecular weight excluding hydrogens is 583 g/mol. The van der Waals surface area contributed by atoms with E-state index >= 15 is 0 Å². The van der Waals surface area contributed by atoms with Gasteiger partial charge in [-0.2, -0.15) is 39.5 Å². The minimum absolute atomic E-state index is 0.0186. The number of halogens is 9. The van der Waals surface area contributed by atoms with Crippen LogP contribution in [0.5, 0.6) is 0 Å². The standard InChI is InChI=1S/C28H29F9N2O3/c1-14(2)23-12-24(21-11-18(26(29,30)31)6-7-22(21)39(23)25(41)42-15(3)4)38(16(5)40)13-17-8-19(27(32,33)34)10-20(9-17)28(35,36)37/h6-11,14-15,23-24H,12-13H2,1-5H3. The Labute approximate surface area is 236 Å². The first-order valence-corrected chi connectivity index (χ1v) is 12.9. The number of carbonyl (C=O) groups is 2. The summed E-state index contributed by atoms with van der Waals surface area (Å²) in [6.45, 7) is 6.81. The van der Waals surface area contributed by atoms with Gasteiger partial charge in [0.15, 0.2) is 0 Å². The fraction of sp³-hybridized carbons (Fsp3) is 0.500. The normalized spacial score (nSPS) is 17.9. The lowest BCUT2D eigenvalue weighted by Gasteiger charge is -2.45. The zero-order chi connectivity index (χ0) is 31.9. The van der Waals surface area contributed by atoms with Crippen molar-refractivity contribution in [3.05, 3.63) is 64.2 Å². The van der Waals surface area contributed by atoms with Gasteiger partial charge in [-0.3, -0.25) is 9.69 Å². The summed E-state index contributed by atoms with van der Waals surface area (Å²) < 4.78 is 127. The summed E-state index contributed by atoms with van der Waals surface area (Å²) in [5.74, 6) is -1.16. The van der Waals surface area contributed by atoms with Gasteiger partial charge in [0, 0.05) is 19.5 Å². The van der Waals surface area contributed by atoms with Gasteiger partial charge < -0.3 is 9.64 Å². The summed E-state index contributed by atoms with van der Waals surface area (Å²) in [6.07, 6.45) is -16.7. The molecule has 14 heteroatoms. The lowest BCUT2D eigenvalue weighted by atomic mass is 9.84. The molecule has 1 aliphatic rings. The first-order chi connectivity index (χ1) is 19.1. The summed E-state index contributed by atoms with van der Waals surface area (Å²) in [5, 5.41) is 0. The van der Waals surface area contributed by atoms with E-state index in [-0.39, 0.29) is 29.7 Å². The molecular formula is C28H29F9N2O3. The van der Waals surface area contributed by atoms with Crippen molar-refractivity contribution in [1.29, 1.82) is 0 Å². The van der Waals surface area contributed by atoms with E-state index in [4.69, 9.17) is 4.74 Å². The predicted octanol–water partition coefficient (Wildman–Crippen LogP) is 8.61. The summed E-state index contributed by atoms with van der Waals surface area (Å²) in [7, 11) is 0. The summed E-state index contributed by atoms with van der Waals surface area (Å²) in [4.78, 5) is 28.1. The molecule has 0 saturated carbocycles. The minimum Gasteiger partial charge on any atom is -0.446 e. The Balaban J connectivity index is 2.23. The largest absolute Gasteiger partial charge is 0.446 e. The summed E-state index contributed by atoms with van der Waals surface area (Å²) in [6, 6.07) is 1.41. The average Bonchev–Trinajstić information content (AvgIpc) is 2.83. The smallest absolute Gasteiger partial charge is 0.416 e. The lowest BCUT2D eigenvalue weighted by Crippen LogP contribution is -2.51. The van der Waals surface area contributed by atoms with Crippen molar-refractivity contribution < 1.29 is 53.8 Å². The molecule has 0 bridgehead atoms. The number of rotatable bonds is 5. The highest BCUT2D eigenvalue weighted by Crippen LogP contribution is 2.46. The Morgan fingerprint density at radius 3 is 1.81 bits per heavy atom. The number of ether oxygens (including phenoxy) is 1. The molecule has 1 aliphatic heterocycles. The molecule has 2 aromatic carbocycles. The molecule has 2 aromatic rings. The van der Waals surface area contributed by atoms with E-state index in [9.17, 15) is 49.1 Å². The van der Waals surface area contributed by atoms with Crippen molar-refractivity contribution in [2.45, 2.75) is 84.3 Å². The van der Waals surface area contributed by atoms with Crippen molar-refractivity contribution in [1.82, 2.24) is 4.90 Å². The first kappa shape index (κ1) is 33.1. The number of carbonyl (C=O) groups excluding carboxylic acids is 2. The predicted molar refractivity (Wildman–Crippen MR) is 134 cm³/mol. The van der Waals surface area contributed by atoms with Crippen LogP contribution in [-0.2, 0) is 34.6 Å². The quantitative estimate of drug-likeness (QED) is 0.318. The number of hydrogen-bond acceptors (Lipinski definition) is 3. The molecule has 0 aromatic heterocycles. The van der Waals surface area contributed by atoms with Crippen LogP contribution < -0.4 is 4.90 Å². The Bertz CT molecular complexity index is 1280. The highest BCUT2D eigenvalue weighted by molar-refractivity contribution is 5.91. The topological polar surface area (TPSA) is 49.9 Å². The van der Waals surface area contributed by atoms with E-state index in [2.05, 4.69) is 0 Å². The van der Waals surface area contributed by atoms with Crippen LogP contribution >= 0.6 is 0 Å². The Kier molecular flexibility index (Phi) is 9.19. The number of hydrogen-bond donors (Lipinski definition) is 0. The fourth-order valence-electron chi connectivity index (χ4n) is 4.96. The molecule has 42 heavy (non-hydrogen) atoms. The number of alkyl halides is 9. The molecule has 0 N–H and O–H groups in total. The zero-order valence-corrected chi connectivity index (χ0v) is 23.2. The molecule has 1 heterocycles. The van der Waals surface area contributed by atoms with Gasteiger partial charge in [-0.25, -0.2) is 4.79 Å². The third-order valence-electron chi connectivity index (χ3n) is 6.85. The van der Waals surface area contributed by atoms with E-state index in [0.717, 1.165) is 30.0 Å². The first-order valence-electron chi connectivity index (χ1n) is 12.9. The average molecular weight is 613 g/mol. The maximum Gasteiger partial charge on any atom is 0.416 e. The van der Waals surface area contributed by atoms with Gasteiger partial charge in [0.2, 0.25) is 5.91 Å². The maximum atomic E-state index is 13.7. The third kappa shape index (κ3) is 7.30. The van der Waals surface area contributed by atoms with Crippen LogP contribution in [0.1, 0.15) is 74.9 Å². The van der Waals surface area contributed by atoms with Crippen LogP contribution in [-0.4, -0.2) is 29.0 Å². The van der Waals surface area contributed by atoms with Gasteiger partial charge in [-0.15, -0.1) is 0 Å². The van der Waals surface area contributed by atoms with E-state index in [1.54, 1.807) is 27.7 Å². The Morgan fingerprint density at radius 2 is 1.38 bits per heavy atom. The van der Waals surface area contributed by atoms with Crippen LogP contribution in [0, 0.1) is 5.92 Å². The van der Waals surface area contributed by atoms with Crippen molar-refractivity contribution in [3.8, 4) is 0 Å². The van der Waals surface area contributed by atoms with Gasteiger partial charge >= 0.3 is 24.6 Å². The number of amides is 2. The second kappa shape index (κ2) is 11.7. The minimum atomic E-state index is -5.14. The number of fused-ring (bicyclic) bond motifs is 1. The molecule has 0 spiro atoms. The van der Waals surface area contributed by atoms with Gasteiger partial charge in [0.25, 0.3) is 0 Å². The maximum absolute atomic E-state index is 13.7. The van der Waals surface area contributed by atoms with Crippen molar-refractivity contribution in [3.63, 3.8) is 0 Å². The van der Waals surface area contributed by atoms with Crippen LogP contribution in [0.4, 0.5) is 50.0 Å². The summed E-state index contributed by atoms with van der Waals surface area (Å²) in [5.41, 5.74) is -5.00. The number of nitrogens with zero attached hydrogens (tertiary/aromatic N) is 2. The van der Waals surface area contributed by atoms with Gasteiger partial charge in [0.1, 0.15) is 0 Å². The van der Waals surface area contributed by atoms with Gasteiger partial charge in [-0.05, 0) is 73.7 Å². The van der Waals surface area contributed by atoms with Crippen molar-refractivity contribution in [2.24, 2.45) is 5.92 Å². The molecule has 0 saturated heterocycles. The van der Waals surface area contributed by atoms with E-state index < -0.39 is 77.5 Å². The third-order valence-corrected chi connectivity index (χ3v) is 6.85. The molecule has 0 aliphatic carbocycles. The molecule has 5 nitrogen and oxygen atoms in total. The van der Waals surface area contributed by atoms with Gasteiger partial charge in [0.05, 0.1) is 34.5 Å². The highest BCUT2D eigenvalue weighted by Gasteiger charge is 2.44. The second-order valence-electron chi connectivity index (χ2n) is 10.7. The second-order valence-corrected chi connectivity index (χ2v) is 10.7. The zero-order valence-electron chi connectivity index (χ0n) is 23.2. The molecule has 0 fully saturated rings. The van der Waals surface area contributed by atoms with Crippen LogP contribution in [0.15, 0.2) is 36.4 Å².